The summed E-state index contributed by atoms with van der Waals surface area (Å²) in [7, 11) is 0. The van der Waals surface area contributed by atoms with Crippen LogP contribution in [0.2, 0.25) is 0 Å². The fourth-order valence-electron chi connectivity index (χ4n) is 2.89. The summed E-state index contributed by atoms with van der Waals surface area (Å²) in [5.74, 6) is -1.65. The summed E-state index contributed by atoms with van der Waals surface area (Å²) in [5.41, 5.74) is 2.35. The third-order valence-corrected chi connectivity index (χ3v) is 4.21. The van der Waals surface area contributed by atoms with Gasteiger partial charge in [0.1, 0.15) is 5.69 Å². The first-order valence-electron chi connectivity index (χ1n) is 8.45. The van der Waals surface area contributed by atoms with Crippen molar-refractivity contribution in [2.24, 2.45) is 0 Å². The molecule has 2 aromatic rings. The molecule has 0 saturated carbocycles. The van der Waals surface area contributed by atoms with Crippen LogP contribution in [-0.2, 0) is 9.53 Å². The SMILES string of the molecule is CC(=O)c1ccccc1NC(=O)[C@H](C)OC(=O)c1[nH]c(C)c(C(C)=O)c1C. The highest BCUT2D eigenvalue weighted by Gasteiger charge is 2.25. The minimum absolute atomic E-state index is 0.140. The summed E-state index contributed by atoms with van der Waals surface area (Å²) in [6.07, 6.45) is -1.10. The van der Waals surface area contributed by atoms with E-state index in [2.05, 4.69) is 10.3 Å². The van der Waals surface area contributed by atoms with Crippen molar-refractivity contribution in [3.05, 3.63) is 52.3 Å². The number of Topliss-reactive ketones (excluding diaryl/α,β-unsaturated/α-hetero) is 2. The number of carbonyl (C=O) groups is 4. The number of aryl methyl sites for hydroxylation is 1. The molecule has 0 bridgehead atoms. The fourth-order valence-corrected chi connectivity index (χ4v) is 2.89. The van der Waals surface area contributed by atoms with Crippen molar-refractivity contribution < 1.29 is 23.9 Å². The van der Waals surface area contributed by atoms with E-state index in [4.69, 9.17) is 4.74 Å². The molecule has 0 aliphatic heterocycles. The highest BCUT2D eigenvalue weighted by atomic mass is 16.5. The summed E-state index contributed by atoms with van der Waals surface area (Å²) in [5, 5.41) is 2.60. The van der Waals surface area contributed by atoms with Crippen molar-refractivity contribution >= 4 is 29.1 Å². The van der Waals surface area contributed by atoms with Gasteiger partial charge in [-0.25, -0.2) is 4.79 Å². The number of aromatic nitrogens is 1. The number of esters is 1. The molecule has 0 saturated heterocycles. The number of anilines is 1. The Morgan fingerprint density at radius 3 is 2.22 bits per heavy atom. The largest absolute Gasteiger partial charge is 0.448 e. The number of ketones is 2. The second-order valence-electron chi connectivity index (χ2n) is 6.32. The number of H-pyrrole nitrogens is 1. The lowest BCUT2D eigenvalue weighted by molar-refractivity contribution is -0.123. The van der Waals surface area contributed by atoms with Crippen molar-refractivity contribution in [1.29, 1.82) is 0 Å². The maximum Gasteiger partial charge on any atom is 0.355 e. The second kappa shape index (κ2) is 7.99. The van der Waals surface area contributed by atoms with Crippen LogP contribution in [0.15, 0.2) is 24.3 Å². The highest BCUT2D eigenvalue weighted by Crippen LogP contribution is 2.20. The molecule has 1 atom stereocenters. The Bertz CT molecular complexity index is 926. The number of amides is 1. The highest BCUT2D eigenvalue weighted by molar-refractivity contribution is 6.05. The van der Waals surface area contributed by atoms with Gasteiger partial charge in [0.25, 0.3) is 5.91 Å². The summed E-state index contributed by atoms with van der Waals surface area (Å²) < 4.78 is 5.22. The van der Waals surface area contributed by atoms with Crippen molar-refractivity contribution in [1.82, 2.24) is 4.98 Å². The van der Waals surface area contributed by atoms with Gasteiger partial charge in [0.15, 0.2) is 17.7 Å². The van der Waals surface area contributed by atoms with E-state index < -0.39 is 18.0 Å². The quantitative estimate of drug-likeness (QED) is 0.600. The molecule has 0 unspecified atom stereocenters. The van der Waals surface area contributed by atoms with Gasteiger partial charge in [0.05, 0.1) is 5.69 Å². The van der Waals surface area contributed by atoms with Gasteiger partial charge in [-0.2, -0.15) is 0 Å². The molecule has 142 valence electrons. The Morgan fingerprint density at radius 1 is 1.04 bits per heavy atom. The average molecular weight is 370 g/mol. The third kappa shape index (κ3) is 4.31. The molecule has 7 nitrogen and oxygen atoms in total. The number of hydrogen-bond donors (Lipinski definition) is 2. The van der Waals surface area contributed by atoms with Crippen molar-refractivity contribution in [3.63, 3.8) is 0 Å². The molecule has 0 fully saturated rings. The molecule has 1 aromatic carbocycles. The van der Waals surface area contributed by atoms with E-state index in [1.165, 1.54) is 20.8 Å². The first-order valence-corrected chi connectivity index (χ1v) is 8.45. The van der Waals surface area contributed by atoms with Crippen molar-refractivity contribution in [2.75, 3.05) is 5.32 Å². The van der Waals surface area contributed by atoms with E-state index in [-0.39, 0.29) is 17.3 Å². The zero-order valence-corrected chi connectivity index (χ0v) is 15.9. The summed E-state index contributed by atoms with van der Waals surface area (Å²) in [6, 6.07) is 6.58. The monoisotopic (exact) mass is 370 g/mol. The molecule has 0 aliphatic rings. The van der Waals surface area contributed by atoms with E-state index in [0.29, 0.717) is 28.1 Å². The van der Waals surface area contributed by atoms with Crippen LogP contribution in [0.25, 0.3) is 0 Å². The van der Waals surface area contributed by atoms with E-state index in [9.17, 15) is 19.2 Å². The smallest absolute Gasteiger partial charge is 0.355 e. The molecule has 1 heterocycles. The minimum atomic E-state index is -1.10. The van der Waals surface area contributed by atoms with Crippen LogP contribution in [0.1, 0.15) is 63.2 Å². The Hall–Kier alpha value is -3.22. The summed E-state index contributed by atoms with van der Waals surface area (Å²) >= 11 is 0. The van der Waals surface area contributed by atoms with Crippen molar-refractivity contribution in [3.8, 4) is 0 Å². The van der Waals surface area contributed by atoms with Gasteiger partial charge in [-0.1, -0.05) is 12.1 Å². The predicted molar refractivity (Wildman–Crippen MR) is 100 cm³/mol. The molecule has 0 radical (unpaired) electrons. The number of hydrogen-bond acceptors (Lipinski definition) is 5. The predicted octanol–water partition coefficient (Wildman–Crippen LogP) is 3.22. The minimum Gasteiger partial charge on any atom is -0.448 e. The molecule has 2 rings (SSSR count). The summed E-state index contributed by atoms with van der Waals surface area (Å²) in [6.45, 7) is 7.58. The van der Waals surface area contributed by atoms with Gasteiger partial charge in [0.2, 0.25) is 0 Å². The zero-order chi connectivity index (χ0) is 20.3. The Labute approximate surface area is 157 Å². The first kappa shape index (κ1) is 20.1. The van der Waals surface area contributed by atoms with E-state index in [1.807, 2.05) is 0 Å². The number of para-hydroxylation sites is 1. The van der Waals surface area contributed by atoms with Crippen LogP contribution in [0.4, 0.5) is 5.69 Å². The fraction of sp³-hybridized carbons (Fsp3) is 0.300. The molecule has 0 aliphatic carbocycles. The zero-order valence-electron chi connectivity index (χ0n) is 15.9. The Morgan fingerprint density at radius 2 is 1.67 bits per heavy atom. The molecule has 0 spiro atoms. The van der Waals surface area contributed by atoms with Crippen LogP contribution in [0.5, 0.6) is 0 Å². The molecule has 1 aromatic heterocycles. The number of rotatable bonds is 6. The van der Waals surface area contributed by atoms with Crippen LogP contribution in [0, 0.1) is 13.8 Å². The molecule has 27 heavy (non-hydrogen) atoms. The lowest BCUT2D eigenvalue weighted by Crippen LogP contribution is -2.30. The number of nitrogens with one attached hydrogen (secondary N) is 2. The molecular formula is C20H22N2O5. The molecule has 1 amide bonds. The van der Waals surface area contributed by atoms with Crippen LogP contribution < -0.4 is 5.32 Å². The summed E-state index contributed by atoms with van der Waals surface area (Å²) in [4.78, 5) is 50.9. The topological polar surface area (TPSA) is 105 Å². The first-order chi connectivity index (χ1) is 12.6. The Kier molecular flexibility index (Phi) is 5.95. The number of benzene rings is 1. The number of carbonyl (C=O) groups excluding carboxylic acids is 4. The number of ether oxygens (including phenoxy) is 1. The van der Waals surface area contributed by atoms with Crippen LogP contribution >= 0.6 is 0 Å². The van der Waals surface area contributed by atoms with Crippen molar-refractivity contribution in [2.45, 2.75) is 40.7 Å². The van der Waals surface area contributed by atoms with Gasteiger partial charge < -0.3 is 15.0 Å². The van der Waals surface area contributed by atoms with Gasteiger partial charge >= 0.3 is 5.97 Å². The normalized spacial score (nSPS) is 11.6. The average Bonchev–Trinajstić information content (AvgIpc) is 2.89. The van der Waals surface area contributed by atoms with Gasteiger partial charge in [0, 0.05) is 16.8 Å². The molecule has 2 N–H and O–H groups in total. The van der Waals surface area contributed by atoms with Gasteiger partial charge in [-0.15, -0.1) is 0 Å². The van der Waals surface area contributed by atoms with Crippen LogP contribution in [-0.4, -0.2) is 34.5 Å². The third-order valence-electron chi connectivity index (χ3n) is 4.21. The lowest BCUT2D eigenvalue weighted by atomic mass is 10.1. The van der Waals surface area contributed by atoms with Crippen LogP contribution in [0.3, 0.4) is 0 Å². The van der Waals surface area contributed by atoms with E-state index in [1.54, 1.807) is 38.1 Å². The molecule has 7 heteroatoms. The number of aromatic amines is 1. The Balaban J connectivity index is 2.13. The van der Waals surface area contributed by atoms with Gasteiger partial charge in [-0.3, -0.25) is 14.4 Å². The maximum atomic E-state index is 12.4. The van der Waals surface area contributed by atoms with E-state index in [0.717, 1.165) is 0 Å². The van der Waals surface area contributed by atoms with E-state index >= 15 is 0 Å². The lowest BCUT2D eigenvalue weighted by Gasteiger charge is -2.15. The second-order valence-corrected chi connectivity index (χ2v) is 6.32. The maximum absolute atomic E-state index is 12.4. The van der Waals surface area contributed by atoms with Gasteiger partial charge in [-0.05, 0) is 52.3 Å². The standard InChI is InChI=1S/C20H22N2O5/c1-10-17(13(4)24)11(2)21-18(10)20(26)27-14(5)19(25)22-16-9-7-6-8-15(16)12(3)23/h6-9,14,21H,1-5H3,(H,22,25)/t14-/m0/s1. The molecular weight excluding hydrogens is 348 g/mol.